The van der Waals surface area contributed by atoms with E-state index in [9.17, 15) is 42.5 Å². The normalized spacial score (nSPS) is 26.8. The fourth-order valence-electron chi connectivity index (χ4n) is 3.00. The Morgan fingerprint density at radius 1 is 0.975 bits per heavy atom. The van der Waals surface area contributed by atoms with Crippen molar-refractivity contribution in [3.05, 3.63) is 16.7 Å². The van der Waals surface area contributed by atoms with Gasteiger partial charge in [0.25, 0.3) is 0 Å². The third-order valence-electron chi connectivity index (χ3n) is 4.24. The number of aromatic amines is 1. The van der Waals surface area contributed by atoms with Crippen molar-refractivity contribution in [3.63, 3.8) is 0 Å². The second kappa shape index (κ2) is 11.4. The van der Waals surface area contributed by atoms with E-state index in [-0.39, 0.29) is 11.2 Å². The molecular formula is C10H18N5O20P5. The minimum Gasteiger partial charge on any atom is -0.385 e. The molecule has 2 aromatic rings. The van der Waals surface area contributed by atoms with E-state index in [2.05, 4.69) is 36.9 Å². The molecule has 0 aromatic carbocycles. The van der Waals surface area contributed by atoms with Crippen molar-refractivity contribution in [3.8, 4) is 0 Å². The number of nitrogens with two attached hydrogens (primary N) is 1. The lowest BCUT2D eigenvalue weighted by Crippen LogP contribution is -2.35. The number of nitrogens with zero attached hydrogens (tertiary/aromatic N) is 3. The number of nitrogen functional groups attached to an aromatic ring is 1. The monoisotopic (exact) mass is 683 g/mol. The second-order valence-electron chi connectivity index (χ2n) is 7.13. The van der Waals surface area contributed by atoms with Gasteiger partial charge in [0.05, 0.1) is 6.33 Å². The van der Waals surface area contributed by atoms with Gasteiger partial charge < -0.3 is 49.9 Å². The van der Waals surface area contributed by atoms with E-state index in [0.29, 0.717) is 7.11 Å². The molecule has 0 amide bonds. The van der Waals surface area contributed by atoms with Crippen molar-refractivity contribution in [1.82, 2.24) is 19.5 Å². The Bertz CT molecular complexity index is 1560. The summed E-state index contributed by atoms with van der Waals surface area (Å²) in [6.45, 7) is 0. The molecule has 228 valence electrons. The van der Waals surface area contributed by atoms with E-state index in [4.69, 9.17) is 34.6 Å². The molecule has 3 rings (SSSR count). The van der Waals surface area contributed by atoms with E-state index in [1.54, 1.807) is 0 Å². The van der Waals surface area contributed by atoms with Gasteiger partial charge in [-0.1, -0.05) is 0 Å². The lowest BCUT2D eigenvalue weighted by atomic mass is 10.2. The highest BCUT2D eigenvalue weighted by Gasteiger charge is 2.55. The van der Waals surface area contributed by atoms with Crippen molar-refractivity contribution in [2.45, 2.75) is 24.7 Å². The summed E-state index contributed by atoms with van der Waals surface area (Å²) in [5, 5.41) is 10.8. The first-order chi connectivity index (χ1) is 18.0. The van der Waals surface area contributed by atoms with Crippen LogP contribution in [0.3, 0.4) is 0 Å². The number of anilines is 1. The molecule has 1 fully saturated rings. The van der Waals surface area contributed by atoms with Crippen LogP contribution in [0.5, 0.6) is 0 Å². The van der Waals surface area contributed by atoms with Crippen molar-refractivity contribution in [2.75, 3.05) is 12.8 Å². The first-order valence-electron chi connectivity index (χ1n) is 9.53. The molecule has 1 aliphatic rings. The van der Waals surface area contributed by atoms with Gasteiger partial charge in [0, 0.05) is 7.11 Å². The summed E-state index contributed by atoms with van der Waals surface area (Å²) in [5.41, 5.74) is 3.84. The standard InChI is InChI=1S/C10H18N5O20P5/c1-29-40(28,35-39(26,27)34-37(21,22)23)32-9-5(31-38(24,25)33-36(18,19)20)4(16)8(30-9)15-2-12-3-6(15)13-10(11)14-7(3)17/h2,4-5,8-9,16H,1H3,(H,24,25)(H,26,27)(H2,18,19,20)(H2,21,22,23)(H3,11,13,14,17)/t4-,5-,8-,9-,40?/m1/s1. The van der Waals surface area contributed by atoms with Gasteiger partial charge in [-0.3, -0.25) is 22.9 Å². The molecule has 0 saturated carbocycles. The van der Waals surface area contributed by atoms with Crippen molar-refractivity contribution >= 4 is 56.2 Å². The molecule has 0 radical (unpaired) electrons. The quantitative estimate of drug-likeness (QED) is 0.115. The Morgan fingerprint density at radius 3 is 2.10 bits per heavy atom. The van der Waals surface area contributed by atoms with Gasteiger partial charge in [-0.2, -0.15) is 17.9 Å². The molecule has 3 unspecified atom stereocenters. The number of aliphatic hydroxyl groups excluding tert-OH is 1. The maximum atomic E-state index is 12.9. The molecule has 3 heterocycles. The Morgan fingerprint density at radius 2 is 1.55 bits per heavy atom. The summed E-state index contributed by atoms with van der Waals surface area (Å²) >= 11 is 0. The minimum absolute atomic E-state index is 0.291. The summed E-state index contributed by atoms with van der Waals surface area (Å²) in [6.07, 6.45) is -8.37. The summed E-state index contributed by atoms with van der Waals surface area (Å²) in [5.74, 6) is -0.455. The fourth-order valence-corrected chi connectivity index (χ4v) is 8.16. The van der Waals surface area contributed by atoms with E-state index in [1.807, 2.05) is 0 Å². The lowest BCUT2D eigenvalue weighted by molar-refractivity contribution is -0.133. The Labute approximate surface area is 219 Å². The van der Waals surface area contributed by atoms with Gasteiger partial charge in [0.15, 0.2) is 17.8 Å². The van der Waals surface area contributed by atoms with Crippen LogP contribution in [0.4, 0.5) is 5.95 Å². The first-order valence-corrected chi connectivity index (χ1v) is 17.0. The average molecular weight is 683 g/mol. The summed E-state index contributed by atoms with van der Waals surface area (Å²) in [4.78, 5) is 75.9. The molecular weight excluding hydrogens is 665 g/mol. The van der Waals surface area contributed by atoms with E-state index in [0.717, 1.165) is 10.9 Å². The summed E-state index contributed by atoms with van der Waals surface area (Å²) in [6, 6.07) is 0. The molecule has 0 aliphatic carbocycles. The topological polar surface area (TPSA) is 381 Å². The molecule has 0 spiro atoms. The number of nitrogens with one attached hydrogen (secondary N) is 1. The van der Waals surface area contributed by atoms with Crippen molar-refractivity contribution < 1.29 is 88.5 Å². The third-order valence-corrected chi connectivity index (χ3v) is 10.6. The number of imidazole rings is 1. The van der Waals surface area contributed by atoms with Gasteiger partial charge in [0.1, 0.15) is 11.8 Å². The molecule has 10 N–H and O–H groups in total. The Balaban J connectivity index is 2.02. The second-order valence-corrected chi connectivity index (χ2v) is 14.6. The molecule has 2 aromatic heterocycles. The SMILES string of the molecule is COP(=O)(O[C@H]1O[C@@H](n2cnc3c(=O)nc(N)[nH]c32)[C@H](O)[C@H]1OP(=O)(O)OP(=O)(O)O)OP(=O)(O)OP(=O)(O)O. The molecule has 0 bridgehead atoms. The number of hydrogen-bond donors (Lipinski definition) is 9. The van der Waals surface area contributed by atoms with Gasteiger partial charge in [-0.25, -0.2) is 27.8 Å². The highest BCUT2D eigenvalue weighted by atomic mass is 31.3. The molecule has 7 atom stereocenters. The van der Waals surface area contributed by atoms with Crippen LogP contribution < -0.4 is 11.3 Å². The largest absolute Gasteiger partial charge is 0.490 e. The Kier molecular flexibility index (Phi) is 9.51. The minimum atomic E-state index is -5.96. The van der Waals surface area contributed by atoms with Crippen LogP contribution in [0.1, 0.15) is 6.23 Å². The number of aliphatic hydroxyl groups is 1. The molecule has 30 heteroatoms. The van der Waals surface area contributed by atoms with Crippen molar-refractivity contribution in [1.29, 1.82) is 0 Å². The number of fused-ring (bicyclic) bond motifs is 1. The number of phosphoric acid groups is 5. The average Bonchev–Trinajstić information content (AvgIpc) is 3.25. The number of aromatic nitrogens is 4. The molecule has 25 nitrogen and oxygen atoms in total. The first kappa shape index (κ1) is 33.2. The predicted molar refractivity (Wildman–Crippen MR) is 120 cm³/mol. The Hall–Kier alpha value is -1.26. The molecule has 1 aliphatic heterocycles. The zero-order valence-electron chi connectivity index (χ0n) is 19.0. The molecule has 40 heavy (non-hydrogen) atoms. The number of H-pyrrole nitrogens is 1. The van der Waals surface area contributed by atoms with Crippen LogP contribution in [-0.2, 0) is 54.1 Å². The summed E-state index contributed by atoms with van der Waals surface area (Å²) < 4.78 is 89.7. The van der Waals surface area contributed by atoms with Crippen LogP contribution >= 0.6 is 39.1 Å². The number of phosphoric ester groups is 2. The maximum Gasteiger partial charge on any atom is 0.490 e. The van der Waals surface area contributed by atoms with Crippen LogP contribution in [0.15, 0.2) is 11.1 Å². The number of rotatable bonds is 12. The van der Waals surface area contributed by atoms with Gasteiger partial charge in [0.2, 0.25) is 12.2 Å². The highest BCUT2D eigenvalue weighted by Crippen LogP contribution is 2.69. The van der Waals surface area contributed by atoms with E-state index in [1.165, 1.54) is 0 Å². The maximum absolute atomic E-state index is 12.9. The van der Waals surface area contributed by atoms with Gasteiger partial charge in [-0.15, -0.1) is 0 Å². The van der Waals surface area contributed by atoms with Crippen LogP contribution in [-0.4, -0.2) is 79.6 Å². The lowest BCUT2D eigenvalue weighted by Gasteiger charge is -2.25. The van der Waals surface area contributed by atoms with Crippen LogP contribution in [0, 0.1) is 0 Å². The number of hydrogen-bond acceptors (Lipinski definition) is 17. The third kappa shape index (κ3) is 8.40. The van der Waals surface area contributed by atoms with Crippen LogP contribution in [0.2, 0.25) is 0 Å². The number of ether oxygens (including phenoxy) is 1. The zero-order valence-corrected chi connectivity index (χ0v) is 23.5. The zero-order chi connectivity index (χ0) is 30.5. The van der Waals surface area contributed by atoms with Crippen molar-refractivity contribution in [2.24, 2.45) is 0 Å². The smallest absolute Gasteiger partial charge is 0.385 e. The summed E-state index contributed by atoms with van der Waals surface area (Å²) in [7, 11) is -28.3. The predicted octanol–water partition coefficient (Wildman–Crippen LogP) is -1.49. The molecule has 1 saturated heterocycles. The van der Waals surface area contributed by atoms with Gasteiger partial charge in [-0.05, 0) is 0 Å². The van der Waals surface area contributed by atoms with E-state index < -0.39 is 75.3 Å². The fraction of sp³-hybridized carbons (Fsp3) is 0.500. The van der Waals surface area contributed by atoms with Crippen LogP contribution in [0.25, 0.3) is 11.2 Å². The van der Waals surface area contributed by atoms with E-state index >= 15 is 0 Å². The highest BCUT2D eigenvalue weighted by molar-refractivity contribution is 7.66. The van der Waals surface area contributed by atoms with Gasteiger partial charge >= 0.3 is 44.7 Å².